The van der Waals surface area contributed by atoms with Crippen molar-refractivity contribution in [1.29, 1.82) is 0 Å². The smallest absolute Gasteiger partial charge is 0.360 e. The Labute approximate surface area is 120 Å². The van der Waals surface area contributed by atoms with Crippen molar-refractivity contribution in [3.8, 4) is 11.4 Å². The van der Waals surface area contributed by atoms with Gasteiger partial charge in [-0.1, -0.05) is 25.1 Å². The minimum Gasteiger partial charge on any atom is -0.489 e. The molecule has 0 bridgehead atoms. The topological polar surface area (TPSA) is 107 Å². The summed E-state index contributed by atoms with van der Waals surface area (Å²) < 4.78 is 6.77. The number of carboxylic acid groups (broad SMARTS) is 1. The van der Waals surface area contributed by atoms with Crippen molar-refractivity contribution in [2.75, 3.05) is 6.61 Å². The first kappa shape index (κ1) is 14.6. The summed E-state index contributed by atoms with van der Waals surface area (Å²) in [6.45, 7) is 1.60. The quantitative estimate of drug-likeness (QED) is 0.827. The highest BCUT2D eigenvalue weighted by atomic mass is 16.5. The number of hydrogen-bond donors (Lipinski definition) is 2. The predicted octanol–water partition coefficient (Wildman–Crippen LogP) is 1.07. The Morgan fingerprint density at radius 2 is 2.05 bits per heavy atom. The molecular formula is C14H15N3O4. The lowest BCUT2D eigenvalue weighted by Gasteiger charge is -2.08. The molecule has 0 fully saturated rings. The normalized spacial score (nSPS) is 11.9. The van der Waals surface area contributed by atoms with Gasteiger partial charge in [-0.3, -0.25) is 4.79 Å². The molecule has 1 aromatic heterocycles. The van der Waals surface area contributed by atoms with Gasteiger partial charge in [-0.15, -0.1) is 0 Å². The number of benzene rings is 1. The summed E-state index contributed by atoms with van der Waals surface area (Å²) >= 11 is 0. The van der Waals surface area contributed by atoms with E-state index in [1.54, 1.807) is 19.1 Å². The van der Waals surface area contributed by atoms with E-state index in [2.05, 4.69) is 5.10 Å². The SMILES string of the molecule is CC(COc1cn(-c2ccccc2)nc1C(=O)O)C(N)=O. The van der Waals surface area contributed by atoms with Crippen molar-refractivity contribution in [2.45, 2.75) is 6.92 Å². The summed E-state index contributed by atoms with van der Waals surface area (Å²) in [5.41, 5.74) is 5.63. The molecule has 0 saturated carbocycles. The van der Waals surface area contributed by atoms with E-state index in [4.69, 9.17) is 15.6 Å². The fourth-order valence-electron chi connectivity index (χ4n) is 1.62. The number of carboxylic acids is 1. The standard InChI is InChI=1S/C14H15N3O4/c1-9(13(15)18)8-21-11-7-17(16-12(11)14(19)20)10-5-3-2-4-6-10/h2-7,9H,8H2,1H3,(H2,15,18)(H,19,20). The Hall–Kier alpha value is -2.83. The number of carbonyl (C=O) groups is 2. The van der Waals surface area contributed by atoms with E-state index in [9.17, 15) is 9.59 Å². The minimum absolute atomic E-state index is 0.00387. The van der Waals surface area contributed by atoms with Gasteiger partial charge in [0, 0.05) is 0 Å². The van der Waals surface area contributed by atoms with E-state index >= 15 is 0 Å². The molecule has 0 radical (unpaired) electrons. The van der Waals surface area contributed by atoms with Crippen molar-refractivity contribution in [1.82, 2.24) is 9.78 Å². The highest BCUT2D eigenvalue weighted by Crippen LogP contribution is 2.20. The number of para-hydroxylation sites is 1. The molecule has 0 aliphatic carbocycles. The number of hydrogen-bond acceptors (Lipinski definition) is 4. The van der Waals surface area contributed by atoms with Gasteiger partial charge in [-0.25, -0.2) is 9.48 Å². The molecule has 0 aliphatic rings. The molecule has 1 aromatic carbocycles. The third-order valence-electron chi connectivity index (χ3n) is 2.88. The number of carbonyl (C=O) groups excluding carboxylic acids is 1. The van der Waals surface area contributed by atoms with Crippen molar-refractivity contribution in [3.63, 3.8) is 0 Å². The average Bonchev–Trinajstić information content (AvgIpc) is 2.90. The summed E-state index contributed by atoms with van der Waals surface area (Å²) in [4.78, 5) is 22.2. The molecule has 0 saturated heterocycles. The highest BCUT2D eigenvalue weighted by Gasteiger charge is 2.19. The van der Waals surface area contributed by atoms with E-state index in [1.807, 2.05) is 18.2 Å². The maximum Gasteiger partial charge on any atom is 0.360 e. The van der Waals surface area contributed by atoms with Crippen LogP contribution in [0.25, 0.3) is 5.69 Å². The van der Waals surface area contributed by atoms with Gasteiger partial charge < -0.3 is 15.6 Å². The molecule has 7 nitrogen and oxygen atoms in total. The first-order chi connectivity index (χ1) is 9.99. The molecule has 7 heteroatoms. The Morgan fingerprint density at radius 1 is 1.38 bits per heavy atom. The Kier molecular flexibility index (Phi) is 4.22. The van der Waals surface area contributed by atoms with Crippen molar-refractivity contribution < 1.29 is 19.4 Å². The van der Waals surface area contributed by atoms with E-state index in [0.29, 0.717) is 5.69 Å². The van der Waals surface area contributed by atoms with Crippen LogP contribution in [0, 0.1) is 5.92 Å². The van der Waals surface area contributed by atoms with Crippen LogP contribution in [0.4, 0.5) is 0 Å². The van der Waals surface area contributed by atoms with Gasteiger partial charge in [0.25, 0.3) is 0 Å². The average molecular weight is 289 g/mol. The molecule has 2 rings (SSSR count). The number of ether oxygens (including phenoxy) is 1. The van der Waals surface area contributed by atoms with Crippen molar-refractivity contribution >= 4 is 11.9 Å². The molecule has 1 atom stereocenters. The third kappa shape index (κ3) is 3.38. The molecule has 110 valence electrons. The third-order valence-corrected chi connectivity index (χ3v) is 2.88. The lowest BCUT2D eigenvalue weighted by atomic mass is 10.2. The van der Waals surface area contributed by atoms with E-state index < -0.39 is 17.8 Å². The van der Waals surface area contributed by atoms with Gasteiger partial charge >= 0.3 is 5.97 Å². The van der Waals surface area contributed by atoms with Crippen molar-refractivity contribution in [3.05, 3.63) is 42.2 Å². The van der Waals surface area contributed by atoms with E-state index in [0.717, 1.165) is 0 Å². The molecule has 2 aromatic rings. The predicted molar refractivity (Wildman–Crippen MR) is 74.4 cm³/mol. The van der Waals surface area contributed by atoms with E-state index in [-0.39, 0.29) is 18.1 Å². The van der Waals surface area contributed by atoms with Crippen LogP contribution in [0.1, 0.15) is 17.4 Å². The second kappa shape index (κ2) is 6.08. The molecule has 1 heterocycles. The zero-order valence-corrected chi connectivity index (χ0v) is 11.4. The number of nitrogens with two attached hydrogens (primary N) is 1. The first-order valence-corrected chi connectivity index (χ1v) is 6.29. The molecule has 21 heavy (non-hydrogen) atoms. The molecule has 0 spiro atoms. The maximum atomic E-state index is 11.2. The van der Waals surface area contributed by atoms with Crippen LogP contribution in [0.5, 0.6) is 5.75 Å². The molecule has 1 unspecified atom stereocenters. The zero-order valence-electron chi connectivity index (χ0n) is 11.4. The number of nitrogens with zero attached hydrogens (tertiary/aromatic N) is 2. The first-order valence-electron chi connectivity index (χ1n) is 6.29. The highest BCUT2D eigenvalue weighted by molar-refractivity contribution is 5.88. The number of rotatable bonds is 6. The fourth-order valence-corrected chi connectivity index (χ4v) is 1.62. The van der Waals surface area contributed by atoms with Gasteiger partial charge in [0.05, 0.1) is 24.4 Å². The number of aromatic carboxylic acids is 1. The number of primary amides is 1. The second-order valence-electron chi connectivity index (χ2n) is 4.54. The number of amides is 1. The summed E-state index contributed by atoms with van der Waals surface area (Å²) in [5, 5.41) is 13.1. The Morgan fingerprint density at radius 3 is 2.62 bits per heavy atom. The zero-order chi connectivity index (χ0) is 15.4. The summed E-state index contributed by atoms with van der Waals surface area (Å²) in [6.07, 6.45) is 1.46. The molecular weight excluding hydrogens is 274 g/mol. The molecule has 1 amide bonds. The Balaban J connectivity index is 2.26. The van der Waals surface area contributed by atoms with Crippen LogP contribution in [0.15, 0.2) is 36.5 Å². The van der Waals surface area contributed by atoms with Crippen LogP contribution >= 0.6 is 0 Å². The monoisotopic (exact) mass is 289 g/mol. The largest absolute Gasteiger partial charge is 0.489 e. The van der Waals surface area contributed by atoms with Gasteiger partial charge in [0.2, 0.25) is 11.6 Å². The van der Waals surface area contributed by atoms with Gasteiger partial charge in [-0.2, -0.15) is 5.10 Å². The van der Waals surface area contributed by atoms with Crippen LogP contribution in [0.3, 0.4) is 0 Å². The van der Waals surface area contributed by atoms with Gasteiger partial charge in [0.1, 0.15) is 0 Å². The van der Waals surface area contributed by atoms with Crippen LogP contribution < -0.4 is 10.5 Å². The van der Waals surface area contributed by atoms with Crippen molar-refractivity contribution in [2.24, 2.45) is 11.7 Å². The molecule has 0 aliphatic heterocycles. The fraction of sp³-hybridized carbons (Fsp3) is 0.214. The van der Waals surface area contributed by atoms with Crippen LogP contribution in [0.2, 0.25) is 0 Å². The summed E-state index contributed by atoms with van der Waals surface area (Å²) in [5.74, 6) is -2.14. The second-order valence-corrected chi connectivity index (χ2v) is 4.54. The van der Waals surface area contributed by atoms with E-state index in [1.165, 1.54) is 10.9 Å². The number of aromatic nitrogens is 2. The van der Waals surface area contributed by atoms with Gasteiger partial charge in [0.15, 0.2) is 5.75 Å². The van der Waals surface area contributed by atoms with Crippen LogP contribution in [-0.2, 0) is 4.79 Å². The Bertz CT molecular complexity index is 651. The van der Waals surface area contributed by atoms with Crippen LogP contribution in [-0.4, -0.2) is 33.4 Å². The van der Waals surface area contributed by atoms with Gasteiger partial charge in [-0.05, 0) is 12.1 Å². The lowest BCUT2D eigenvalue weighted by Crippen LogP contribution is -2.26. The summed E-state index contributed by atoms with van der Waals surface area (Å²) in [6, 6.07) is 9.04. The maximum absolute atomic E-state index is 11.2. The molecule has 3 N–H and O–H groups in total. The summed E-state index contributed by atoms with van der Waals surface area (Å²) in [7, 11) is 0. The minimum atomic E-state index is -1.20. The lowest BCUT2D eigenvalue weighted by molar-refractivity contribution is -0.122.